The second-order valence-corrected chi connectivity index (χ2v) is 15.1. The summed E-state index contributed by atoms with van der Waals surface area (Å²) in [5.41, 5.74) is 5.68. The zero-order valence-corrected chi connectivity index (χ0v) is 21.0. The largest absolute Gasteiger partial charge is 0.256 e. The molecule has 0 amide bonds. The Labute approximate surface area is 196 Å². The molecule has 0 bridgehead atoms. The Morgan fingerprint density at radius 1 is 0.688 bits per heavy atom. The van der Waals surface area contributed by atoms with Gasteiger partial charge in [-0.05, 0) is 108 Å². The molecule has 5 rings (SSSR count). The zero-order chi connectivity index (χ0) is 22.1. The van der Waals surface area contributed by atoms with Crippen molar-refractivity contribution in [1.29, 1.82) is 0 Å². The van der Waals surface area contributed by atoms with Gasteiger partial charge in [-0.15, -0.1) is 0 Å². The molecular formula is C30H39NS. The SMILES string of the molecule is CS(C)(C)c1ccc2c(-c3cc(C4CCCCC4)cc(C4CCCCC4)c3)nccc2c1. The first-order chi connectivity index (χ1) is 15.5. The number of hydrogen-bond acceptors (Lipinski definition) is 1. The molecule has 0 unspecified atom stereocenters. The first-order valence-corrected chi connectivity index (χ1v) is 15.6. The molecule has 0 saturated heterocycles. The lowest BCUT2D eigenvalue weighted by Crippen LogP contribution is -2.09. The Morgan fingerprint density at radius 2 is 1.28 bits per heavy atom. The van der Waals surface area contributed by atoms with Crippen LogP contribution in [0.3, 0.4) is 0 Å². The van der Waals surface area contributed by atoms with Crippen LogP contribution in [0.15, 0.2) is 53.6 Å². The Balaban J connectivity index is 1.62. The minimum absolute atomic E-state index is 0.733. The Bertz CT molecular complexity index is 1050. The molecule has 2 aromatic carbocycles. The Hall–Kier alpha value is -1.80. The number of rotatable bonds is 4. The second kappa shape index (κ2) is 9.21. The fraction of sp³-hybridized carbons (Fsp3) is 0.500. The van der Waals surface area contributed by atoms with Gasteiger partial charge >= 0.3 is 0 Å². The third-order valence-electron chi connectivity index (χ3n) is 7.85. The fourth-order valence-electron chi connectivity index (χ4n) is 5.92. The molecule has 2 aliphatic rings. The summed E-state index contributed by atoms with van der Waals surface area (Å²) in [5, 5.41) is 2.63. The van der Waals surface area contributed by atoms with Gasteiger partial charge in [-0.2, -0.15) is 0 Å². The maximum Gasteiger partial charge on any atom is 0.0780 e. The van der Waals surface area contributed by atoms with Crippen molar-refractivity contribution in [2.75, 3.05) is 18.8 Å². The molecule has 0 radical (unpaired) electrons. The quantitative estimate of drug-likeness (QED) is 0.390. The van der Waals surface area contributed by atoms with Crippen molar-refractivity contribution >= 4 is 20.8 Å². The van der Waals surface area contributed by atoms with Gasteiger partial charge in [0.25, 0.3) is 0 Å². The summed E-state index contributed by atoms with van der Waals surface area (Å²) in [6, 6.07) is 16.8. The summed E-state index contributed by atoms with van der Waals surface area (Å²) in [7, 11) is -0.735. The van der Waals surface area contributed by atoms with Gasteiger partial charge in [-0.1, -0.05) is 50.7 Å². The lowest BCUT2D eigenvalue weighted by Gasteiger charge is -2.27. The van der Waals surface area contributed by atoms with E-state index in [1.807, 2.05) is 6.20 Å². The van der Waals surface area contributed by atoms with Crippen LogP contribution in [0.4, 0.5) is 0 Å². The minimum atomic E-state index is -0.735. The molecule has 2 fully saturated rings. The van der Waals surface area contributed by atoms with Crippen molar-refractivity contribution in [2.24, 2.45) is 0 Å². The monoisotopic (exact) mass is 445 g/mol. The van der Waals surface area contributed by atoms with Gasteiger partial charge in [0.2, 0.25) is 0 Å². The average Bonchev–Trinajstić information content (AvgIpc) is 2.83. The van der Waals surface area contributed by atoms with Gasteiger partial charge in [0, 0.05) is 17.1 Å². The van der Waals surface area contributed by atoms with Crippen LogP contribution in [0.1, 0.15) is 87.2 Å². The molecular weight excluding hydrogens is 406 g/mol. The van der Waals surface area contributed by atoms with Crippen LogP contribution in [0.2, 0.25) is 0 Å². The van der Waals surface area contributed by atoms with Crippen LogP contribution in [0.25, 0.3) is 22.0 Å². The van der Waals surface area contributed by atoms with Crippen LogP contribution < -0.4 is 0 Å². The van der Waals surface area contributed by atoms with Crippen LogP contribution in [0, 0.1) is 0 Å². The molecule has 2 aliphatic carbocycles. The molecule has 1 aromatic heterocycles. The average molecular weight is 446 g/mol. The highest BCUT2D eigenvalue weighted by Gasteiger charge is 2.22. The van der Waals surface area contributed by atoms with E-state index in [9.17, 15) is 0 Å². The first kappa shape index (κ1) is 22.0. The van der Waals surface area contributed by atoms with E-state index in [4.69, 9.17) is 4.98 Å². The topological polar surface area (TPSA) is 12.9 Å². The molecule has 3 aromatic rings. The van der Waals surface area contributed by atoms with Crippen LogP contribution in [-0.4, -0.2) is 23.8 Å². The molecule has 2 heteroatoms. The fourth-order valence-corrected chi connectivity index (χ4v) is 6.88. The maximum absolute atomic E-state index is 4.95. The van der Waals surface area contributed by atoms with Crippen molar-refractivity contribution in [1.82, 2.24) is 4.98 Å². The molecule has 0 atom stereocenters. The van der Waals surface area contributed by atoms with E-state index >= 15 is 0 Å². The van der Waals surface area contributed by atoms with Crippen molar-refractivity contribution in [3.8, 4) is 11.3 Å². The predicted octanol–water partition coefficient (Wildman–Crippen LogP) is 9.05. The second-order valence-electron chi connectivity index (χ2n) is 10.9. The first-order valence-electron chi connectivity index (χ1n) is 12.7. The number of pyridine rings is 1. The van der Waals surface area contributed by atoms with E-state index < -0.39 is 10.0 Å². The Kier molecular flexibility index (Phi) is 6.34. The highest BCUT2D eigenvalue weighted by atomic mass is 32.3. The summed E-state index contributed by atoms with van der Waals surface area (Å²) in [6.07, 6.45) is 22.9. The highest BCUT2D eigenvalue weighted by Crippen LogP contribution is 2.46. The number of nitrogens with zero attached hydrogens (tertiary/aromatic N) is 1. The molecule has 1 nitrogen and oxygen atoms in total. The van der Waals surface area contributed by atoms with Gasteiger partial charge in [0.15, 0.2) is 0 Å². The molecule has 0 N–H and O–H groups in total. The highest BCUT2D eigenvalue weighted by molar-refractivity contribution is 8.32. The van der Waals surface area contributed by atoms with E-state index in [1.165, 1.54) is 91.1 Å². The molecule has 0 aliphatic heterocycles. The van der Waals surface area contributed by atoms with Crippen molar-refractivity contribution < 1.29 is 0 Å². The summed E-state index contributed by atoms with van der Waals surface area (Å²) >= 11 is 0. The molecule has 0 spiro atoms. The smallest absolute Gasteiger partial charge is 0.0780 e. The summed E-state index contributed by atoms with van der Waals surface area (Å²) in [6.45, 7) is 0. The standard InChI is InChI=1S/C30H39NS/c1-32(2,3)28-14-15-29-24(21-28)16-17-31-30(29)27-19-25(22-10-6-4-7-11-22)18-26(20-27)23-12-8-5-9-13-23/h14-23H,4-13H2,1-3H3. The van der Waals surface area contributed by atoms with Gasteiger partial charge in [0.1, 0.15) is 0 Å². The molecule has 2 saturated carbocycles. The number of hydrogen-bond donors (Lipinski definition) is 0. The van der Waals surface area contributed by atoms with Gasteiger partial charge in [-0.3, -0.25) is 4.98 Å². The molecule has 32 heavy (non-hydrogen) atoms. The summed E-state index contributed by atoms with van der Waals surface area (Å²) in [5.74, 6) is 1.47. The van der Waals surface area contributed by atoms with Crippen LogP contribution >= 0.6 is 10.0 Å². The third kappa shape index (κ3) is 4.62. The summed E-state index contributed by atoms with van der Waals surface area (Å²) in [4.78, 5) is 6.42. The molecule has 1 heterocycles. The third-order valence-corrected chi connectivity index (χ3v) is 9.52. The number of aromatic nitrogens is 1. The van der Waals surface area contributed by atoms with Crippen LogP contribution in [-0.2, 0) is 0 Å². The Morgan fingerprint density at radius 3 is 1.84 bits per heavy atom. The number of benzene rings is 2. The van der Waals surface area contributed by atoms with E-state index in [0.29, 0.717) is 0 Å². The van der Waals surface area contributed by atoms with E-state index in [1.54, 1.807) is 11.1 Å². The van der Waals surface area contributed by atoms with Gasteiger partial charge < -0.3 is 0 Å². The lowest BCUT2D eigenvalue weighted by atomic mass is 9.79. The van der Waals surface area contributed by atoms with Crippen LogP contribution in [0.5, 0.6) is 0 Å². The number of fused-ring (bicyclic) bond motifs is 1. The minimum Gasteiger partial charge on any atom is -0.256 e. The lowest BCUT2D eigenvalue weighted by molar-refractivity contribution is 0.435. The van der Waals surface area contributed by atoms with Gasteiger partial charge in [-0.25, -0.2) is 10.0 Å². The summed E-state index contributed by atoms with van der Waals surface area (Å²) < 4.78 is 0. The van der Waals surface area contributed by atoms with Crippen molar-refractivity contribution in [3.63, 3.8) is 0 Å². The van der Waals surface area contributed by atoms with E-state index in [0.717, 1.165) is 11.8 Å². The normalized spacial score (nSPS) is 19.3. The van der Waals surface area contributed by atoms with Crippen molar-refractivity contribution in [2.45, 2.75) is 80.9 Å². The van der Waals surface area contributed by atoms with Gasteiger partial charge in [0.05, 0.1) is 5.69 Å². The zero-order valence-electron chi connectivity index (χ0n) is 20.2. The van der Waals surface area contributed by atoms with E-state index in [2.05, 4.69) is 61.2 Å². The maximum atomic E-state index is 4.95. The molecule has 170 valence electrons. The predicted molar refractivity (Wildman–Crippen MR) is 142 cm³/mol. The van der Waals surface area contributed by atoms with Crippen molar-refractivity contribution in [3.05, 3.63) is 59.8 Å². The van der Waals surface area contributed by atoms with E-state index in [-0.39, 0.29) is 0 Å².